The highest BCUT2D eigenvalue weighted by atomic mass is 79.9. The van der Waals surface area contributed by atoms with Crippen LogP contribution in [-0.2, 0) is 9.59 Å². The van der Waals surface area contributed by atoms with E-state index >= 15 is 0 Å². The summed E-state index contributed by atoms with van der Waals surface area (Å²) in [7, 11) is 3.06. The number of Topliss-reactive ketones (excluding diaryl/α,β-unsaturated/α-hetero) is 1. The highest BCUT2D eigenvalue weighted by molar-refractivity contribution is 9.10. The van der Waals surface area contributed by atoms with Gasteiger partial charge in [0.25, 0.3) is 5.91 Å². The van der Waals surface area contributed by atoms with Crippen molar-refractivity contribution in [1.82, 2.24) is 4.90 Å². The molecular weight excluding hydrogens is 488 g/mol. The van der Waals surface area contributed by atoms with Gasteiger partial charge in [0.1, 0.15) is 0 Å². The molecule has 0 aromatic heterocycles. The Morgan fingerprint density at radius 3 is 2.24 bits per heavy atom. The molecule has 0 saturated carbocycles. The molecule has 1 aliphatic rings. The molecule has 0 aliphatic carbocycles. The summed E-state index contributed by atoms with van der Waals surface area (Å²) in [6.45, 7) is 7.00. The lowest BCUT2D eigenvalue weighted by molar-refractivity contribution is -0.895. The smallest absolute Gasteiger partial charge is 0.295 e. The maximum absolute atomic E-state index is 13.5. The van der Waals surface area contributed by atoms with E-state index in [0.717, 1.165) is 17.6 Å². The summed E-state index contributed by atoms with van der Waals surface area (Å²) in [5, 5.41) is 13.5. The summed E-state index contributed by atoms with van der Waals surface area (Å²) in [4.78, 5) is 29.0. The Morgan fingerprint density at radius 2 is 1.67 bits per heavy atom. The lowest BCUT2D eigenvalue weighted by Crippen LogP contribution is -3.12. The zero-order chi connectivity index (χ0) is 24.1. The van der Waals surface area contributed by atoms with Crippen LogP contribution in [0.25, 0.3) is 5.76 Å². The van der Waals surface area contributed by atoms with Gasteiger partial charge in [0.15, 0.2) is 11.5 Å². The van der Waals surface area contributed by atoms with E-state index in [9.17, 15) is 14.7 Å². The number of likely N-dealkylation sites (N-methyl/N-ethyl adjacent to an activating group) is 1. The number of nitrogens with zero attached hydrogens (tertiary/aromatic N) is 1. The molecule has 2 aromatic rings. The van der Waals surface area contributed by atoms with E-state index in [0.29, 0.717) is 35.7 Å². The van der Waals surface area contributed by atoms with E-state index in [1.54, 1.807) is 42.5 Å². The highest BCUT2D eigenvalue weighted by Crippen LogP contribution is 2.41. The molecule has 2 aromatic carbocycles. The summed E-state index contributed by atoms with van der Waals surface area (Å²) in [6, 6.07) is 11.2. The average Bonchev–Trinajstić information content (AvgIpc) is 3.09. The third kappa shape index (κ3) is 5.07. The van der Waals surface area contributed by atoms with E-state index in [1.807, 2.05) is 0 Å². The number of ether oxygens (including phenoxy) is 2. The SMILES string of the molecule is CC[NH+](CC)CCN1C(=O)C(=O)/C(=C(/[O-])c2ccc(Br)cc2)C1c1ccc(OC)c(OC)c1. The van der Waals surface area contributed by atoms with E-state index < -0.39 is 23.5 Å². The van der Waals surface area contributed by atoms with E-state index in [1.165, 1.54) is 24.0 Å². The molecule has 1 heterocycles. The maximum atomic E-state index is 13.5. The van der Waals surface area contributed by atoms with Gasteiger partial charge >= 0.3 is 0 Å². The monoisotopic (exact) mass is 516 g/mol. The number of ketones is 1. The van der Waals surface area contributed by atoms with Crippen LogP contribution in [0.3, 0.4) is 0 Å². The minimum atomic E-state index is -0.795. The molecule has 0 radical (unpaired) electrons. The molecule has 1 aliphatic heterocycles. The highest BCUT2D eigenvalue weighted by Gasteiger charge is 2.44. The van der Waals surface area contributed by atoms with Crippen LogP contribution >= 0.6 is 15.9 Å². The number of carbonyl (C=O) groups is 2. The Labute approximate surface area is 202 Å². The molecule has 1 atom stereocenters. The number of rotatable bonds is 9. The van der Waals surface area contributed by atoms with Crippen LogP contribution in [-0.4, -0.2) is 57.0 Å². The molecule has 1 fully saturated rings. The summed E-state index contributed by atoms with van der Waals surface area (Å²) in [6.07, 6.45) is 0. The molecule has 176 valence electrons. The van der Waals surface area contributed by atoms with Crippen molar-refractivity contribution in [2.45, 2.75) is 19.9 Å². The summed E-state index contributed by atoms with van der Waals surface area (Å²) in [5.41, 5.74) is 0.946. The largest absolute Gasteiger partial charge is 0.872 e. The first-order chi connectivity index (χ1) is 15.9. The first-order valence-electron chi connectivity index (χ1n) is 10.9. The molecule has 1 saturated heterocycles. The second-order valence-corrected chi connectivity index (χ2v) is 8.72. The van der Waals surface area contributed by atoms with Crippen molar-refractivity contribution < 1.29 is 29.1 Å². The van der Waals surface area contributed by atoms with E-state index in [2.05, 4.69) is 29.8 Å². The van der Waals surface area contributed by atoms with Crippen molar-refractivity contribution in [3.05, 3.63) is 63.6 Å². The molecule has 1 amide bonds. The van der Waals surface area contributed by atoms with Gasteiger partial charge in [0.2, 0.25) is 5.78 Å². The zero-order valence-electron chi connectivity index (χ0n) is 19.3. The second-order valence-electron chi connectivity index (χ2n) is 7.80. The molecule has 1 N–H and O–H groups in total. The number of amides is 1. The summed E-state index contributed by atoms with van der Waals surface area (Å²) in [5.74, 6) is -0.860. The molecular formula is C25H29BrN2O5. The van der Waals surface area contributed by atoms with Crippen LogP contribution < -0.4 is 19.5 Å². The van der Waals surface area contributed by atoms with Gasteiger partial charge < -0.3 is 24.4 Å². The van der Waals surface area contributed by atoms with Gasteiger partial charge in [-0.25, -0.2) is 0 Å². The molecule has 0 spiro atoms. The lowest BCUT2D eigenvalue weighted by Gasteiger charge is -2.29. The van der Waals surface area contributed by atoms with Crippen molar-refractivity contribution in [1.29, 1.82) is 0 Å². The number of quaternary nitrogens is 1. The summed E-state index contributed by atoms with van der Waals surface area (Å²) >= 11 is 3.36. The average molecular weight is 517 g/mol. The van der Waals surface area contributed by atoms with Crippen LogP contribution in [0.15, 0.2) is 52.5 Å². The first kappa shape index (κ1) is 24.8. The number of methoxy groups -OCH3 is 2. The molecule has 7 nitrogen and oxygen atoms in total. The van der Waals surface area contributed by atoms with Crippen LogP contribution in [0.1, 0.15) is 31.0 Å². The van der Waals surface area contributed by atoms with Gasteiger partial charge in [0, 0.05) is 10.0 Å². The number of carbonyl (C=O) groups excluding carboxylic acids is 2. The summed E-state index contributed by atoms with van der Waals surface area (Å²) < 4.78 is 11.6. The minimum absolute atomic E-state index is 0.0379. The fraction of sp³-hybridized carbons (Fsp3) is 0.360. The normalized spacial score (nSPS) is 17.6. The van der Waals surface area contributed by atoms with Crippen molar-refractivity contribution in [2.24, 2.45) is 0 Å². The second kappa shape index (κ2) is 10.9. The Bertz CT molecular complexity index is 1050. The predicted molar refractivity (Wildman–Crippen MR) is 127 cm³/mol. The Hall–Kier alpha value is -2.84. The lowest BCUT2D eigenvalue weighted by atomic mass is 9.95. The third-order valence-corrected chi connectivity index (χ3v) is 6.59. The quantitative estimate of drug-likeness (QED) is 0.311. The fourth-order valence-electron chi connectivity index (χ4n) is 4.11. The van der Waals surface area contributed by atoms with Crippen LogP contribution in [0.2, 0.25) is 0 Å². The standard InChI is InChI=1S/C25H29BrN2O5/c1-5-27(6-2)13-14-28-22(17-9-12-19(32-3)20(15-17)33-4)21(24(30)25(28)31)23(29)16-7-10-18(26)11-8-16/h7-12,15,22,29H,5-6,13-14H2,1-4H3/b23-21+. The van der Waals surface area contributed by atoms with Gasteiger partial charge in [-0.1, -0.05) is 39.9 Å². The topological polar surface area (TPSA) is 83.3 Å². The van der Waals surface area contributed by atoms with Gasteiger partial charge in [-0.3, -0.25) is 9.59 Å². The van der Waals surface area contributed by atoms with Gasteiger partial charge in [-0.2, -0.15) is 0 Å². The third-order valence-electron chi connectivity index (χ3n) is 6.07. The molecule has 0 bridgehead atoms. The number of hydrogen-bond acceptors (Lipinski definition) is 5. The number of likely N-dealkylation sites (tertiary alicyclic amines) is 1. The molecule has 3 rings (SSSR count). The van der Waals surface area contributed by atoms with Crippen LogP contribution in [0.4, 0.5) is 0 Å². The van der Waals surface area contributed by atoms with Crippen LogP contribution in [0, 0.1) is 0 Å². The fourth-order valence-corrected chi connectivity index (χ4v) is 4.37. The molecule has 8 heteroatoms. The van der Waals surface area contributed by atoms with Crippen molar-refractivity contribution in [3.8, 4) is 11.5 Å². The number of benzene rings is 2. The number of nitrogens with one attached hydrogen (secondary N) is 1. The van der Waals surface area contributed by atoms with Gasteiger partial charge in [-0.05, 0) is 49.2 Å². The van der Waals surface area contributed by atoms with Crippen molar-refractivity contribution >= 4 is 33.4 Å². The molecule has 1 unspecified atom stereocenters. The van der Waals surface area contributed by atoms with Gasteiger partial charge in [0.05, 0.1) is 46.4 Å². The van der Waals surface area contributed by atoms with E-state index in [4.69, 9.17) is 9.47 Å². The minimum Gasteiger partial charge on any atom is -0.872 e. The van der Waals surface area contributed by atoms with Crippen molar-refractivity contribution in [2.75, 3.05) is 40.4 Å². The zero-order valence-corrected chi connectivity index (χ0v) is 20.9. The Morgan fingerprint density at radius 1 is 1.03 bits per heavy atom. The molecule has 33 heavy (non-hydrogen) atoms. The predicted octanol–water partition coefficient (Wildman–Crippen LogP) is 1.62. The first-order valence-corrected chi connectivity index (χ1v) is 11.7. The maximum Gasteiger partial charge on any atom is 0.295 e. The van der Waals surface area contributed by atoms with Gasteiger partial charge in [-0.15, -0.1) is 0 Å². The number of hydrogen-bond donors (Lipinski definition) is 1. The Kier molecular flexibility index (Phi) is 8.15. The Balaban J connectivity index is 2.14. The van der Waals surface area contributed by atoms with Crippen LogP contribution in [0.5, 0.6) is 11.5 Å². The van der Waals surface area contributed by atoms with E-state index in [-0.39, 0.29) is 5.57 Å². The number of halogens is 1. The van der Waals surface area contributed by atoms with Crippen molar-refractivity contribution in [3.63, 3.8) is 0 Å².